The second-order valence-electron chi connectivity index (χ2n) is 7.96. The van der Waals surface area contributed by atoms with Crippen molar-refractivity contribution in [3.05, 3.63) is 116 Å². The predicted octanol–water partition coefficient (Wildman–Crippen LogP) is 4.62. The molecule has 7 heteroatoms. The summed E-state index contributed by atoms with van der Waals surface area (Å²) in [5, 5.41) is 6.51. The number of halogens is 1. The summed E-state index contributed by atoms with van der Waals surface area (Å²) in [6.07, 6.45) is 0. The Kier molecular flexibility index (Phi) is 6.75. The highest BCUT2D eigenvalue weighted by Crippen LogP contribution is 2.32. The smallest absolute Gasteiger partial charge is 0.249 e. The molecule has 0 aliphatic carbocycles. The van der Waals surface area contributed by atoms with Gasteiger partial charge in [-0.05, 0) is 54.4 Å². The first kappa shape index (κ1) is 23.2. The molecule has 2 unspecified atom stereocenters. The number of methoxy groups -OCH3 is 2. The minimum Gasteiger partial charge on any atom is -0.497 e. The van der Waals surface area contributed by atoms with Crippen molar-refractivity contribution >= 4 is 11.4 Å². The Hall–Kier alpha value is -3.97. The number of para-hydroxylation sites is 1. The van der Waals surface area contributed by atoms with Crippen molar-refractivity contribution in [2.75, 3.05) is 19.5 Å². The lowest BCUT2D eigenvalue weighted by molar-refractivity contribution is 0.391. The number of hydrogen-bond acceptors (Lipinski definition) is 6. The minimum atomic E-state index is -0.649. The molecule has 0 bridgehead atoms. The number of hydrogen-bond donors (Lipinski definition) is 2. The number of nitrogens with one attached hydrogen (secondary N) is 2. The Morgan fingerprint density at radius 3 is 2.00 bits per heavy atom. The molecule has 0 spiro atoms. The van der Waals surface area contributed by atoms with Gasteiger partial charge in [-0.1, -0.05) is 30.3 Å². The lowest BCUT2D eigenvalue weighted by Gasteiger charge is -2.27. The van der Waals surface area contributed by atoms with Crippen LogP contribution in [0, 0.1) is 5.82 Å². The number of ether oxygens (including phenoxy) is 2. The number of rotatable bonds is 9. The van der Waals surface area contributed by atoms with E-state index >= 15 is 0 Å². The largest absolute Gasteiger partial charge is 0.497 e. The molecule has 0 amide bonds. The lowest BCUT2D eigenvalue weighted by atomic mass is 9.91. The van der Waals surface area contributed by atoms with Gasteiger partial charge in [-0.15, -0.1) is 0 Å². The molecule has 0 aliphatic rings. The van der Waals surface area contributed by atoms with Crippen LogP contribution in [0.3, 0.4) is 0 Å². The van der Waals surface area contributed by atoms with E-state index in [1.54, 1.807) is 32.4 Å². The Morgan fingerprint density at radius 2 is 1.41 bits per heavy atom. The van der Waals surface area contributed by atoms with Crippen LogP contribution in [0.25, 0.3) is 0 Å². The van der Waals surface area contributed by atoms with Crippen LogP contribution in [-0.4, -0.2) is 14.2 Å². The van der Waals surface area contributed by atoms with E-state index in [1.165, 1.54) is 12.1 Å². The van der Waals surface area contributed by atoms with Gasteiger partial charge in [0.25, 0.3) is 0 Å². The molecule has 4 rings (SSSR count). The summed E-state index contributed by atoms with van der Waals surface area (Å²) in [6.45, 7) is 1.93. The Morgan fingerprint density at radius 1 is 0.794 bits per heavy atom. The molecule has 0 saturated heterocycles. The highest BCUT2D eigenvalue weighted by atomic mass is 19.1. The van der Waals surface area contributed by atoms with Crippen LogP contribution in [0.2, 0.25) is 0 Å². The molecule has 0 aliphatic heterocycles. The van der Waals surface area contributed by atoms with Crippen LogP contribution in [0.1, 0.15) is 35.7 Å². The third-order valence-corrected chi connectivity index (χ3v) is 5.77. The quantitative estimate of drug-likeness (QED) is 0.355. The van der Waals surface area contributed by atoms with Gasteiger partial charge in [0.15, 0.2) is 0 Å². The average molecular weight is 461 g/mol. The monoisotopic (exact) mass is 460 g/mol. The normalized spacial score (nSPS) is 12.8. The molecule has 0 fully saturated rings. The molecule has 0 aromatic heterocycles. The first-order chi connectivity index (χ1) is 16.4. The third kappa shape index (κ3) is 4.70. The molecule has 0 heterocycles. The molecule has 2 N–H and O–H groups in total. The highest BCUT2D eigenvalue weighted by molar-refractivity contribution is 5.68. The highest BCUT2D eigenvalue weighted by Gasteiger charge is 2.30. The maximum absolute atomic E-state index is 13.7. The summed E-state index contributed by atoms with van der Waals surface area (Å²) in [6, 6.07) is 19.6. The van der Waals surface area contributed by atoms with E-state index in [0.29, 0.717) is 28.3 Å². The van der Waals surface area contributed by atoms with Gasteiger partial charge in [0.2, 0.25) is 10.9 Å². The average Bonchev–Trinajstić information content (AvgIpc) is 2.88. The van der Waals surface area contributed by atoms with Crippen LogP contribution in [-0.2, 0) is 0 Å². The Bertz CT molecular complexity index is 1320. The fourth-order valence-corrected chi connectivity index (χ4v) is 3.90. The van der Waals surface area contributed by atoms with Crippen LogP contribution < -0.4 is 31.0 Å². The van der Waals surface area contributed by atoms with Crippen molar-refractivity contribution in [2.24, 2.45) is 0 Å². The second kappa shape index (κ2) is 9.89. The van der Waals surface area contributed by atoms with Crippen LogP contribution in [0.4, 0.5) is 15.8 Å². The molecule has 34 heavy (non-hydrogen) atoms. The standard InChI is InChI=1S/C27H25FN2O4/c1-16(18-13-21(33-2)15-22(14-18)34-3)29-24(17-9-11-19(28)12-10-17)23-25(27(32)26(23)31)30-20-7-5-4-6-8-20/h4-16,24,29-30H,1-3H3. The second-order valence-corrected chi connectivity index (χ2v) is 7.96. The molecule has 174 valence electrons. The van der Waals surface area contributed by atoms with Gasteiger partial charge in [-0.2, -0.15) is 0 Å². The van der Waals surface area contributed by atoms with Crippen molar-refractivity contribution in [3.8, 4) is 11.5 Å². The van der Waals surface area contributed by atoms with Crippen molar-refractivity contribution in [1.82, 2.24) is 5.32 Å². The summed E-state index contributed by atoms with van der Waals surface area (Å²) < 4.78 is 24.4. The van der Waals surface area contributed by atoms with Gasteiger partial charge in [-0.25, -0.2) is 4.39 Å². The molecular formula is C27H25FN2O4. The zero-order valence-corrected chi connectivity index (χ0v) is 19.1. The van der Waals surface area contributed by atoms with E-state index in [1.807, 2.05) is 49.4 Å². The van der Waals surface area contributed by atoms with Crippen LogP contribution in [0.15, 0.2) is 82.4 Å². The van der Waals surface area contributed by atoms with Crippen molar-refractivity contribution in [2.45, 2.75) is 19.0 Å². The lowest BCUT2D eigenvalue weighted by Crippen LogP contribution is -2.43. The van der Waals surface area contributed by atoms with Gasteiger partial charge >= 0.3 is 0 Å². The van der Waals surface area contributed by atoms with Crippen molar-refractivity contribution < 1.29 is 13.9 Å². The summed E-state index contributed by atoms with van der Waals surface area (Å²) in [7, 11) is 3.14. The van der Waals surface area contributed by atoms with Gasteiger partial charge < -0.3 is 14.8 Å². The molecule has 2 atom stereocenters. The predicted molar refractivity (Wildman–Crippen MR) is 130 cm³/mol. The van der Waals surface area contributed by atoms with Gasteiger partial charge in [-0.3, -0.25) is 14.9 Å². The zero-order valence-electron chi connectivity index (χ0n) is 19.1. The number of benzene rings is 3. The van der Waals surface area contributed by atoms with Crippen LogP contribution in [0.5, 0.6) is 11.5 Å². The van der Waals surface area contributed by atoms with Gasteiger partial charge in [0, 0.05) is 17.8 Å². The SMILES string of the molecule is COc1cc(OC)cc(C(C)NC(c2ccc(F)cc2)c2c(Nc3ccccc3)c(=O)c2=O)c1. The summed E-state index contributed by atoms with van der Waals surface area (Å²) in [4.78, 5) is 25.3. The van der Waals surface area contributed by atoms with Crippen molar-refractivity contribution in [1.29, 1.82) is 0 Å². The summed E-state index contributed by atoms with van der Waals surface area (Å²) in [5.41, 5.74) is 1.60. The Balaban J connectivity index is 1.74. The molecule has 0 saturated carbocycles. The summed E-state index contributed by atoms with van der Waals surface area (Å²) >= 11 is 0. The Labute approximate surface area is 196 Å². The third-order valence-electron chi connectivity index (χ3n) is 5.77. The molecule has 6 nitrogen and oxygen atoms in total. The van der Waals surface area contributed by atoms with Gasteiger partial charge in [0.1, 0.15) is 23.0 Å². The van der Waals surface area contributed by atoms with E-state index in [9.17, 15) is 14.0 Å². The maximum atomic E-state index is 13.7. The van der Waals surface area contributed by atoms with E-state index in [2.05, 4.69) is 10.6 Å². The van der Waals surface area contributed by atoms with Crippen LogP contribution >= 0.6 is 0 Å². The van der Waals surface area contributed by atoms with E-state index < -0.39 is 16.9 Å². The fraction of sp³-hybridized carbons (Fsp3) is 0.185. The molecular weight excluding hydrogens is 435 g/mol. The van der Waals surface area contributed by atoms with E-state index in [4.69, 9.17) is 9.47 Å². The molecule has 4 aromatic rings. The van der Waals surface area contributed by atoms with Gasteiger partial charge in [0.05, 0.1) is 25.8 Å². The first-order valence-corrected chi connectivity index (χ1v) is 10.8. The summed E-state index contributed by atoms with van der Waals surface area (Å²) in [5.74, 6) is 0.865. The first-order valence-electron chi connectivity index (χ1n) is 10.8. The maximum Gasteiger partial charge on any atom is 0.249 e. The zero-order chi connectivity index (χ0) is 24.2. The topological polar surface area (TPSA) is 76.7 Å². The number of anilines is 2. The molecule has 0 radical (unpaired) electrons. The van der Waals surface area contributed by atoms with E-state index in [0.717, 1.165) is 5.56 Å². The fourth-order valence-electron chi connectivity index (χ4n) is 3.90. The minimum absolute atomic E-state index is 0.230. The van der Waals surface area contributed by atoms with E-state index in [-0.39, 0.29) is 17.5 Å². The van der Waals surface area contributed by atoms with Crippen molar-refractivity contribution in [3.63, 3.8) is 0 Å². The molecule has 4 aromatic carbocycles.